The van der Waals surface area contributed by atoms with Gasteiger partial charge in [-0.1, -0.05) is 37.5 Å². The van der Waals surface area contributed by atoms with Gasteiger partial charge in [0.05, 0.1) is 16.9 Å². The summed E-state index contributed by atoms with van der Waals surface area (Å²) >= 11 is 0. The molecule has 3 N–H and O–H groups in total. The van der Waals surface area contributed by atoms with E-state index in [0.29, 0.717) is 18.0 Å². The third-order valence-corrected chi connectivity index (χ3v) is 4.95. The molecule has 1 aromatic carbocycles. The molecule has 1 atom stereocenters. The van der Waals surface area contributed by atoms with Gasteiger partial charge in [-0.2, -0.15) is 5.10 Å². The molecular formula is C19H26N4O. The summed E-state index contributed by atoms with van der Waals surface area (Å²) in [7, 11) is 0. The van der Waals surface area contributed by atoms with Gasteiger partial charge in [0.2, 0.25) is 0 Å². The van der Waals surface area contributed by atoms with Crippen molar-refractivity contribution in [1.29, 1.82) is 0 Å². The van der Waals surface area contributed by atoms with Crippen LogP contribution in [0, 0.1) is 12.8 Å². The Morgan fingerprint density at radius 2 is 2.00 bits per heavy atom. The van der Waals surface area contributed by atoms with Crippen LogP contribution in [0.4, 0.5) is 0 Å². The number of benzene rings is 1. The zero-order valence-electron chi connectivity index (χ0n) is 14.2. The van der Waals surface area contributed by atoms with Crippen LogP contribution in [0.15, 0.2) is 36.5 Å². The molecule has 24 heavy (non-hydrogen) atoms. The first-order valence-corrected chi connectivity index (χ1v) is 8.81. The summed E-state index contributed by atoms with van der Waals surface area (Å²) in [5.41, 5.74) is 8.23. The first kappa shape index (κ1) is 16.7. The molecule has 1 aliphatic carbocycles. The van der Waals surface area contributed by atoms with Crippen molar-refractivity contribution in [2.75, 3.05) is 6.54 Å². The van der Waals surface area contributed by atoms with Crippen molar-refractivity contribution >= 4 is 5.91 Å². The molecule has 0 bridgehead atoms. The van der Waals surface area contributed by atoms with E-state index in [0.717, 1.165) is 24.2 Å². The van der Waals surface area contributed by atoms with Gasteiger partial charge in [0, 0.05) is 18.8 Å². The van der Waals surface area contributed by atoms with Crippen molar-refractivity contribution in [3.05, 3.63) is 47.8 Å². The minimum Gasteiger partial charge on any atom is -0.348 e. The monoisotopic (exact) mass is 326 g/mol. The number of carbonyl (C=O) groups is 1. The highest BCUT2D eigenvalue weighted by Gasteiger charge is 2.25. The number of rotatable bonds is 5. The van der Waals surface area contributed by atoms with Gasteiger partial charge < -0.3 is 11.1 Å². The second kappa shape index (κ2) is 7.62. The third kappa shape index (κ3) is 3.67. The van der Waals surface area contributed by atoms with E-state index in [-0.39, 0.29) is 11.9 Å². The Morgan fingerprint density at radius 1 is 1.29 bits per heavy atom. The van der Waals surface area contributed by atoms with Crippen molar-refractivity contribution in [3.63, 3.8) is 0 Å². The molecule has 5 heteroatoms. The highest BCUT2D eigenvalue weighted by atomic mass is 16.1. The number of nitrogens with one attached hydrogen (secondary N) is 1. The lowest BCUT2D eigenvalue weighted by molar-refractivity contribution is 0.0915. The van der Waals surface area contributed by atoms with Crippen LogP contribution >= 0.6 is 0 Å². The first-order chi connectivity index (χ1) is 11.7. The number of aromatic nitrogens is 2. The highest BCUT2D eigenvalue weighted by Crippen LogP contribution is 2.26. The number of nitrogens with two attached hydrogens (primary N) is 1. The van der Waals surface area contributed by atoms with Gasteiger partial charge in [0.25, 0.3) is 5.91 Å². The summed E-state index contributed by atoms with van der Waals surface area (Å²) in [5, 5.41) is 7.61. The molecule has 2 aromatic rings. The molecule has 3 rings (SSSR count). The van der Waals surface area contributed by atoms with E-state index >= 15 is 0 Å². The molecule has 1 heterocycles. The number of hydrogen-bond donors (Lipinski definition) is 2. The van der Waals surface area contributed by atoms with E-state index in [2.05, 4.69) is 10.4 Å². The number of carbonyl (C=O) groups excluding carboxylic acids is 1. The average Bonchev–Trinajstić information content (AvgIpc) is 3.03. The van der Waals surface area contributed by atoms with Gasteiger partial charge in [-0.05, 0) is 37.8 Å². The van der Waals surface area contributed by atoms with E-state index < -0.39 is 0 Å². The maximum absolute atomic E-state index is 12.7. The zero-order valence-corrected chi connectivity index (χ0v) is 14.2. The molecule has 1 amide bonds. The largest absolute Gasteiger partial charge is 0.348 e. The Labute approximate surface area is 143 Å². The van der Waals surface area contributed by atoms with Crippen LogP contribution in [0.5, 0.6) is 0 Å². The van der Waals surface area contributed by atoms with E-state index in [4.69, 9.17) is 5.73 Å². The molecule has 0 spiro atoms. The fraction of sp³-hybridized carbons (Fsp3) is 0.474. The van der Waals surface area contributed by atoms with Gasteiger partial charge in [-0.3, -0.25) is 4.79 Å². The molecule has 1 aliphatic rings. The Hall–Kier alpha value is -2.14. The van der Waals surface area contributed by atoms with Gasteiger partial charge in [0.15, 0.2) is 0 Å². The number of hydrogen-bond acceptors (Lipinski definition) is 3. The maximum atomic E-state index is 12.7. The topological polar surface area (TPSA) is 72.9 Å². The van der Waals surface area contributed by atoms with E-state index in [1.54, 1.807) is 10.9 Å². The predicted molar refractivity (Wildman–Crippen MR) is 95.2 cm³/mol. The number of aryl methyl sites for hydroxylation is 1. The molecule has 1 fully saturated rings. The zero-order chi connectivity index (χ0) is 16.9. The molecule has 0 saturated heterocycles. The number of para-hydroxylation sites is 1. The van der Waals surface area contributed by atoms with Gasteiger partial charge in [0.1, 0.15) is 0 Å². The van der Waals surface area contributed by atoms with Crippen LogP contribution in [-0.2, 0) is 0 Å². The summed E-state index contributed by atoms with van der Waals surface area (Å²) in [4.78, 5) is 12.7. The molecule has 1 saturated carbocycles. The molecule has 128 valence electrons. The van der Waals surface area contributed by atoms with Crippen LogP contribution in [0.25, 0.3) is 5.69 Å². The van der Waals surface area contributed by atoms with Crippen molar-refractivity contribution in [3.8, 4) is 5.69 Å². The van der Waals surface area contributed by atoms with Crippen molar-refractivity contribution in [1.82, 2.24) is 15.1 Å². The van der Waals surface area contributed by atoms with Crippen LogP contribution in [0.2, 0.25) is 0 Å². The highest BCUT2D eigenvalue weighted by molar-refractivity contribution is 5.95. The standard InChI is InChI=1S/C19H26N4O/c1-14-17(13-23(22-14)16-10-6-3-7-11-16)19(24)21-18(12-20)15-8-4-2-5-9-15/h3,6-7,10-11,13,15,18H,2,4-5,8-9,12,20H2,1H3,(H,21,24). The summed E-state index contributed by atoms with van der Waals surface area (Å²) in [6.07, 6.45) is 7.89. The molecular weight excluding hydrogens is 300 g/mol. The lowest BCUT2D eigenvalue weighted by atomic mass is 9.84. The smallest absolute Gasteiger partial charge is 0.255 e. The molecule has 5 nitrogen and oxygen atoms in total. The fourth-order valence-electron chi connectivity index (χ4n) is 3.55. The fourth-order valence-corrected chi connectivity index (χ4v) is 3.55. The summed E-state index contributed by atoms with van der Waals surface area (Å²) < 4.78 is 1.75. The Kier molecular flexibility index (Phi) is 5.30. The van der Waals surface area contributed by atoms with E-state index in [1.165, 1.54) is 19.3 Å². The van der Waals surface area contributed by atoms with E-state index in [9.17, 15) is 4.79 Å². The minimum atomic E-state index is -0.0734. The van der Waals surface area contributed by atoms with Crippen LogP contribution in [0.3, 0.4) is 0 Å². The molecule has 0 aliphatic heterocycles. The summed E-state index contributed by atoms with van der Waals surface area (Å²) in [6.45, 7) is 2.36. The van der Waals surface area contributed by atoms with Crippen LogP contribution in [-0.4, -0.2) is 28.3 Å². The Morgan fingerprint density at radius 3 is 2.67 bits per heavy atom. The van der Waals surface area contributed by atoms with Crippen molar-refractivity contribution in [2.45, 2.75) is 45.1 Å². The van der Waals surface area contributed by atoms with Crippen molar-refractivity contribution < 1.29 is 4.79 Å². The number of amides is 1. The third-order valence-electron chi connectivity index (χ3n) is 4.95. The average molecular weight is 326 g/mol. The van der Waals surface area contributed by atoms with Crippen LogP contribution < -0.4 is 11.1 Å². The maximum Gasteiger partial charge on any atom is 0.255 e. The molecule has 1 aromatic heterocycles. The SMILES string of the molecule is Cc1nn(-c2ccccc2)cc1C(=O)NC(CN)C1CCCCC1. The van der Waals surface area contributed by atoms with Crippen LogP contribution in [0.1, 0.15) is 48.2 Å². The normalized spacial score (nSPS) is 16.8. The van der Waals surface area contributed by atoms with Gasteiger partial charge in [-0.25, -0.2) is 4.68 Å². The second-order valence-electron chi connectivity index (χ2n) is 6.62. The second-order valence-corrected chi connectivity index (χ2v) is 6.62. The number of nitrogens with zero attached hydrogens (tertiary/aromatic N) is 2. The Bertz CT molecular complexity index is 674. The van der Waals surface area contributed by atoms with Gasteiger partial charge in [-0.15, -0.1) is 0 Å². The lowest BCUT2D eigenvalue weighted by Crippen LogP contribution is -2.46. The van der Waals surface area contributed by atoms with Gasteiger partial charge >= 0.3 is 0 Å². The summed E-state index contributed by atoms with van der Waals surface area (Å²) in [5.74, 6) is 0.424. The molecule has 1 unspecified atom stereocenters. The molecule has 0 radical (unpaired) electrons. The van der Waals surface area contributed by atoms with Crippen molar-refractivity contribution in [2.24, 2.45) is 11.7 Å². The quantitative estimate of drug-likeness (QED) is 0.887. The predicted octanol–water partition coefficient (Wildman–Crippen LogP) is 2.82. The lowest BCUT2D eigenvalue weighted by Gasteiger charge is -2.30. The minimum absolute atomic E-state index is 0.0530. The first-order valence-electron chi connectivity index (χ1n) is 8.81. The summed E-state index contributed by atoms with van der Waals surface area (Å²) in [6, 6.07) is 9.87. The Balaban J connectivity index is 1.73. The van der Waals surface area contributed by atoms with E-state index in [1.807, 2.05) is 37.3 Å².